The van der Waals surface area contributed by atoms with Crippen LogP contribution in [-0.2, 0) is 14.3 Å². The van der Waals surface area contributed by atoms with Gasteiger partial charge in [-0.3, -0.25) is 9.59 Å². The van der Waals surface area contributed by atoms with Crippen LogP contribution in [0.25, 0.3) is 0 Å². The van der Waals surface area contributed by atoms with E-state index in [9.17, 15) is 14.4 Å². The molecule has 1 amide bonds. The first-order valence-corrected chi connectivity index (χ1v) is 9.22. The van der Waals surface area contributed by atoms with Gasteiger partial charge < -0.3 is 19.5 Å². The largest absolute Gasteiger partial charge is 0.496 e. The monoisotopic (exact) mass is 399 g/mol. The van der Waals surface area contributed by atoms with E-state index in [4.69, 9.17) is 14.2 Å². The molecule has 0 bridgehead atoms. The van der Waals surface area contributed by atoms with E-state index in [-0.39, 0.29) is 12.5 Å². The lowest BCUT2D eigenvalue weighted by Gasteiger charge is -2.21. The number of carbonyl (C=O) groups excluding carboxylic acids is 3. The van der Waals surface area contributed by atoms with Crippen LogP contribution in [0, 0.1) is 5.92 Å². The van der Waals surface area contributed by atoms with Crippen molar-refractivity contribution in [2.75, 3.05) is 20.3 Å². The van der Waals surface area contributed by atoms with Gasteiger partial charge in [-0.05, 0) is 30.2 Å². The highest BCUT2D eigenvalue weighted by Gasteiger charge is 2.27. The number of Topliss-reactive ketones (excluding diaryl/α,β-unsaturated/α-hetero) is 1. The minimum absolute atomic E-state index is 0.232. The smallest absolute Gasteiger partial charge is 0.329 e. The number of nitrogens with one attached hydrogen (secondary N) is 1. The SMILES string of the molecule is COc1ccccc1C(=O)COC(=O)[C@@H](NC(=O)COc1ccccc1)C(C)C. The van der Waals surface area contributed by atoms with Crippen molar-refractivity contribution < 1.29 is 28.6 Å². The number of carbonyl (C=O) groups is 3. The van der Waals surface area contributed by atoms with Crippen LogP contribution >= 0.6 is 0 Å². The van der Waals surface area contributed by atoms with E-state index < -0.39 is 30.3 Å². The summed E-state index contributed by atoms with van der Waals surface area (Å²) in [5.74, 6) is -0.812. The number of amides is 1. The Kier molecular flexibility index (Phi) is 8.21. The highest BCUT2D eigenvalue weighted by molar-refractivity contribution is 6.00. The first-order valence-electron chi connectivity index (χ1n) is 9.22. The number of ketones is 1. The lowest BCUT2D eigenvalue weighted by molar-refractivity contribution is -0.148. The minimum atomic E-state index is -0.896. The average Bonchev–Trinajstić information content (AvgIpc) is 2.74. The second-order valence-corrected chi connectivity index (χ2v) is 6.62. The molecule has 0 radical (unpaired) electrons. The molecule has 0 saturated heterocycles. The normalized spacial score (nSPS) is 11.4. The van der Waals surface area contributed by atoms with Crippen LogP contribution in [-0.4, -0.2) is 44.0 Å². The van der Waals surface area contributed by atoms with Gasteiger partial charge in [0.25, 0.3) is 5.91 Å². The van der Waals surface area contributed by atoms with Gasteiger partial charge in [0.2, 0.25) is 5.78 Å². The maximum absolute atomic E-state index is 12.4. The molecule has 0 fully saturated rings. The van der Waals surface area contributed by atoms with Gasteiger partial charge in [-0.15, -0.1) is 0 Å². The Morgan fingerprint density at radius 2 is 1.59 bits per heavy atom. The van der Waals surface area contributed by atoms with Gasteiger partial charge in [0.15, 0.2) is 13.2 Å². The maximum atomic E-state index is 12.4. The zero-order valence-corrected chi connectivity index (χ0v) is 16.7. The number of rotatable bonds is 10. The lowest BCUT2D eigenvalue weighted by atomic mass is 10.0. The summed E-state index contributed by atoms with van der Waals surface area (Å²) < 4.78 is 15.7. The fourth-order valence-corrected chi connectivity index (χ4v) is 2.56. The molecule has 1 N–H and O–H groups in total. The molecule has 0 unspecified atom stereocenters. The molecule has 0 aliphatic carbocycles. The second kappa shape index (κ2) is 10.8. The number of ether oxygens (including phenoxy) is 3. The third-order valence-corrected chi connectivity index (χ3v) is 4.10. The number of hydrogen-bond donors (Lipinski definition) is 1. The number of esters is 1. The third kappa shape index (κ3) is 6.64. The summed E-state index contributed by atoms with van der Waals surface area (Å²) in [5, 5.41) is 2.60. The summed E-state index contributed by atoms with van der Waals surface area (Å²) in [5.41, 5.74) is 0.323. The Morgan fingerprint density at radius 1 is 0.931 bits per heavy atom. The second-order valence-electron chi connectivity index (χ2n) is 6.62. The Bertz CT molecular complexity index is 834. The van der Waals surface area contributed by atoms with E-state index in [2.05, 4.69) is 5.32 Å². The van der Waals surface area contributed by atoms with Gasteiger partial charge in [-0.25, -0.2) is 4.79 Å². The maximum Gasteiger partial charge on any atom is 0.329 e. The molecule has 154 valence electrons. The fraction of sp³-hybridized carbons (Fsp3) is 0.318. The number of hydrogen-bond acceptors (Lipinski definition) is 6. The lowest BCUT2D eigenvalue weighted by Crippen LogP contribution is -2.47. The highest BCUT2D eigenvalue weighted by atomic mass is 16.5. The number of benzene rings is 2. The Morgan fingerprint density at radius 3 is 2.24 bits per heavy atom. The first kappa shape index (κ1) is 21.9. The summed E-state index contributed by atoms with van der Waals surface area (Å²) in [6.07, 6.45) is 0. The molecule has 0 spiro atoms. The van der Waals surface area contributed by atoms with E-state index in [0.29, 0.717) is 17.1 Å². The third-order valence-electron chi connectivity index (χ3n) is 4.10. The van der Waals surface area contributed by atoms with Crippen LogP contribution < -0.4 is 14.8 Å². The molecule has 29 heavy (non-hydrogen) atoms. The van der Waals surface area contributed by atoms with E-state index in [1.807, 2.05) is 6.07 Å². The van der Waals surface area contributed by atoms with Crippen LogP contribution in [0.15, 0.2) is 54.6 Å². The van der Waals surface area contributed by atoms with E-state index >= 15 is 0 Å². The molecule has 7 heteroatoms. The van der Waals surface area contributed by atoms with Crippen molar-refractivity contribution in [2.45, 2.75) is 19.9 Å². The van der Waals surface area contributed by atoms with Gasteiger partial charge >= 0.3 is 5.97 Å². The quantitative estimate of drug-likeness (QED) is 0.488. The molecule has 0 heterocycles. The molecule has 0 aromatic heterocycles. The van der Waals surface area contributed by atoms with Gasteiger partial charge in [0, 0.05) is 0 Å². The molecule has 0 aliphatic heterocycles. The van der Waals surface area contributed by atoms with Crippen molar-refractivity contribution in [3.63, 3.8) is 0 Å². The van der Waals surface area contributed by atoms with Crippen molar-refractivity contribution in [2.24, 2.45) is 5.92 Å². The molecule has 7 nitrogen and oxygen atoms in total. The van der Waals surface area contributed by atoms with E-state index in [1.165, 1.54) is 7.11 Å². The molecule has 2 aromatic carbocycles. The van der Waals surface area contributed by atoms with Crippen molar-refractivity contribution in [1.29, 1.82) is 0 Å². The Labute approximate surface area is 170 Å². The molecule has 1 atom stereocenters. The predicted molar refractivity (Wildman–Crippen MR) is 107 cm³/mol. The summed E-state index contributed by atoms with van der Waals surface area (Å²) in [6, 6.07) is 14.7. The number of methoxy groups -OCH3 is 1. The molecule has 0 saturated carbocycles. The summed E-state index contributed by atoms with van der Waals surface area (Å²) in [7, 11) is 1.46. The molecular formula is C22H25NO6. The fourth-order valence-electron chi connectivity index (χ4n) is 2.56. The summed E-state index contributed by atoms with van der Waals surface area (Å²) in [4.78, 5) is 36.9. The van der Waals surface area contributed by atoms with Crippen molar-refractivity contribution in [1.82, 2.24) is 5.32 Å². The van der Waals surface area contributed by atoms with Gasteiger partial charge in [-0.1, -0.05) is 44.2 Å². The average molecular weight is 399 g/mol. The highest BCUT2D eigenvalue weighted by Crippen LogP contribution is 2.18. The van der Waals surface area contributed by atoms with Crippen LogP contribution in [0.5, 0.6) is 11.5 Å². The van der Waals surface area contributed by atoms with Crippen LogP contribution in [0.2, 0.25) is 0 Å². The standard InChI is InChI=1S/C22H25NO6/c1-15(2)21(23-20(25)14-28-16-9-5-4-6-10-16)22(26)29-13-18(24)17-11-7-8-12-19(17)27-3/h4-12,15,21H,13-14H2,1-3H3,(H,23,25)/t21-/m0/s1. The van der Waals surface area contributed by atoms with Gasteiger partial charge in [-0.2, -0.15) is 0 Å². The van der Waals surface area contributed by atoms with Crippen molar-refractivity contribution in [3.8, 4) is 11.5 Å². The Hall–Kier alpha value is -3.35. The van der Waals surface area contributed by atoms with E-state index in [0.717, 1.165) is 0 Å². The number of para-hydroxylation sites is 2. The zero-order chi connectivity index (χ0) is 21.2. The summed E-state index contributed by atoms with van der Waals surface area (Å²) in [6.45, 7) is 2.86. The van der Waals surface area contributed by atoms with Gasteiger partial charge in [0.1, 0.15) is 17.5 Å². The topological polar surface area (TPSA) is 90.9 Å². The van der Waals surface area contributed by atoms with Crippen LogP contribution in [0.1, 0.15) is 24.2 Å². The molecule has 2 aromatic rings. The summed E-state index contributed by atoms with van der Waals surface area (Å²) >= 11 is 0. The van der Waals surface area contributed by atoms with E-state index in [1.54, 1.807) is 62.4 Å². The Balaban J connectivity index is 1.89. The van der Waals surface area contributed by atoms with Crippen molar-refractivity contribution >= 4 is 17.7 Å². The van der Waals surface area contributed by atoms with Crippen molar-refractivity contribution in [3.05, 3.63) is 60.2 Å². The first-order chi connectivity index (χ1) is 13.9. The molecule has 0 aliphatic rings. The molecule has 2 rings (SSSR count). The molecular weight excluding hydrogens is 374 g/mol. The van der Waals surface area contributed by atoms with Crippen LogP contribution in [0.3, 0.4) is 0 Å². The predicted octanol–water partition coefficient (Wildman–Crippen LogP) is 2.64. The van der Waals surface area contributed by atoms with Crippen LogP contribution in [0.4, 0.5) is 0 Å². The zero-order valence-electron chi connectivity index (χ0n) is 16.7. The minimum Gasteiger partial charge on any atom is -0.496 e. The van der Waals surface area contributed by atoms with Gasteiger partial charge in [0.05, 0.1) is 12.7 Å².